The fraction of sp³-hybridized carbons (Fsp3) is 0.190. The van der Waals surface area contributed by atoms with E-state index in [-0.39, 0.29) is 12.0 Å². The summed E-state index contributed by atoms with van der Waals surface area (Å²) < 4.78 is 12.1. The van der Waals surface area contributed by atoms with E-state index in [2.05, 4.69) is 60.7 Å². The Hall–Kier alpha value is -2.22. The first-order valence-corrected chi connectivity index (χ1v) is 9.75. The van der Waals surface area contributed by atoms with E-state index in [9.17, 15) is 0 Å². The summed E-state index contributed by atoms with van der Waals surface area (Å²) in [6, 6.07) is 20.9. The van der Waals surface area contributed by atoms with Crippen molar-refractivity contribution in [3.8, 4) is 0 Å². The average molecular weight is 349 g/mol. The molecular formula is C21H20NO2P. The number of hydrogen-bond donors (Lipinski definition) is 0. The molecule has 2 aliphatic rings. The van der Waals surface area contributed by atoms with E-state index in [1.807, 2.05) is 24.3 Å². The molecule has 126 valence electrons. The molecule has 0 fully saturated rings. The Kier molecular flexibility index (Phi) is 5.06. The summed E-state index contributed by atoms with van der Waals surface area (Å²) in [4.78, 5) is 4.71. The molecule has 0 N–H and O–H groups in total. The number of rotatable bonds is 6. The van der Waals surface area contributed by atoms with Gasteiger partial charge in [0.25, 0.3) is 0 Å². The molecule has 0 amide bonds. The number of allylic oxidation sites excluding steroid dienone is 2. The standard InChI is InChI=1S/C21H20NO2P/c1-3-11-19(12-4-1)25(20-13-5-2-6-14-20)24-16-18-15-23-21(22-18)17-9-7-8-10-17/h1-14,17-18H,15-16H2/t18-/m0/s1. The number of aliphatic imine (C=N–C) groups is 1. The van der Waals surface area contributed by atoms with Crippen LogP contribution in [0.5, 0.6) is 0 Å². The highest BCUT2D eigenvalue weighted by molar-refractivity contribution is 7.68. The first-order valence-electron chi connectivity index (χ1n) is 8.49. The van der Waals surface area contributed by atoms with E-state index in [0.29, 0.717) is 13.2 Å². The van der Waals surface area contributed by atoms with Crippen LogP contribution in [0.1, 0.15) is 0 Å². The van der Waals surface area contributed by atoms with Crippen molar-refractivity contribution in [2.75, 3.05) is 13.2 Å². The Morgan fingerprint density at radius 2 is 1.52 bits per heavy atom. The molecule has 0 radical (unpaired) electrons. The molecule has 0 saturated carbocycles. The predicted molar refractivity (Wildman–Crippen MR) is 104 cm³/mol. The molecule has 4 rings (SSSR count). The lowest BCUT2D eigenvalue weighted by Gasteiger charge is -2.19. The van der Waals surface area contributed by atoms with E-state index in [1.54, 1.807) is 0 Å². The van der Waals surface area contributed by atoms with E-state index < -0.39 is 8.15 Å². The van der Waals surface area contributed by atoms with Gasteiger partial charge in [0.05, 0.1) is 20.7 Å². The van der Waals surface area contributed by atoms with Crippen molar-refractivity contribution in [3.63, 3.8) is 0 Å². The third-order valence-electron chi connectivity index (χ3n) is 4.14. The van der Waals surface area contributed by atoms with Gasteiger partial charge in [-0.3, -0.25) is 0 Å². The van der Waals surface area contributed by atoms with Crippen molar-refractivity contribution in [1.29, 1.82) is 0 Å². The van der Waals surface area contributed by atoms with E-state index in [4.69, 9.17) is 14.3 Å². The molecule has 0 aromatic heterocycles. The fourth-order valence-corrected chi connectivity index (χ4v) is 4.69. The van der Waals surface area contributed by atoms with E-state index in [0.717, 1.165) is 5.90 Å². The van der Waals surface area contributed by atoms with Crippen LogP contribution >= 0.6 is 8.15 Å². The second-order valence-corrected chi connectivity index (χ2v) is 7.87. The number of ether oxygens (including phenoxy) is 1. The fourth-order valence-electron chi connectivity index (χ4n) is 2.89. The molecule has 25 heavy (non-hydrogen) atoms. The predicted octanol–water partition coefficient (Wildman–Crippen LogP) is 3.59. The van der Waals surface area contributed by atoms with Gasteiger partial charge in [0.2, 0.25) is 0 Å². The van der Waals surface area contributed by atoms with Crippen LogP contribution in [0.3, 0.4) is 0 Å². The highest BCUT2D eigenvalue weighted by Crippen LogP contribution is 2.35. The largest absolute Gasteiger partial charge is 0.478 e. The molecule has 3 nitrogen and oxygen atoms in total. The van der Waals surface area contributed by atoms with Crippen LogP contribution < -0.4 is 10.6 Å². The summed E-state index contributed by atoms with van der Waals surface area (Å²) >= 11 is 0. The van der Waals surface area contributed by atoms with Gasteiger partial charge in [-0.05, 0) is 0 Å². The Labute approximate surface area is 149 Å². The third-order valence-corrected chi connectivity index (χ3v) is 6.09. The molecule has 1 aliphatic carbocycles. The molecule has 1 heterocycles. The van der Waals surface area contributed by atoms with Gasteiger partial charge < -0.3 is 9.26 Å². The zero-order valence-electron chi connectivity index (χ0n) is 13.9. The molecule has 0 bridgehead atoms. The topological polar surface area (TPSA) is 30.8 Å². The van der Waals surface area contributed by atoms with Crippen molar-refractivity contribution in [3.05, 3.63) is 85.0 Å². The van der Waals surface area contributed by atoms with Gasteiger partial charge in [0.1, 0.15) is 12.6 Å². The molecule has 2 aromatic carbocycles. The number of benzene rings is 2. The molecule has 4 heteroatoms. The van der Waals surface area contributed by atoms with Crippen LogP contribution in [0.4, 0.5) is 0 Å². The van der Waals surface area contributed by atoms with Gasteiger partial charge in [0.15, 0.2) is 5.90 Å². The Morgan fingerprint density at radius 1 is 0.920 bits per heavy atom. The van der Waals surface area contributed by atoms with Crippen molar-refractivity contribution < 1.29 is 9.26 Å². The summed E-state index contributed by atoms with van der Waals surface area (Å²) in [6.45, 7) is 1.17. The SMILES string of the molecule is C1=CC(C2=N[C@H](COP(c3ccccc3)c3ccccc3)CO2)C=C1. The average Bonchev–Trinajstić information content (AvgIpc) is 3.35. The van der Waals surface area contributed by atoms with E-state index in [1.165, 1.54) is 10.6 Å². The molecular weight excluding hydrogens is 329 g/mol. The van der Waals surface area contributed by atoms with Gasteiger partial charge >= 0.3 is 0 Å². The van der Waals surface area contributed by atoms with Crippen molar-refractivity contribution in [2.45, 2.75) is 6.04 Å². The quantitative estimate of drug-likeness (QED) is 0.746. The molecule has 0 spiro atoms. The maximum absolute atomic E-state index is 6.35. The second kappa shape index (κ2) is 7.77. The molecule has 2 aromatic rings. The van der Waals surface area contributed by atoms with Gasteiger partial charge in [-0.15, -0.1) is 0 Å². The minimum absolute atomic E-state index is 0.0647. The van der Waals surface area contributed by atoms with Crippen LogP contribution in [0.15, 0.2) is 90.0 Å². The maximum atomic E-state index is 6.35. The lowest BCUT2D eigenvalue weighted by molar-refractivity contribution is 0.256. The summed E-state index contributed by atoms with van der Waals surface area (Å²) in [5.74, 6) is 0.997. The Bertz CT molecular complexity index is 735. The summed E-state index contributed by atoms with van der Waals surface area (Å²) in [7, 11) is -0.844. The third kappa shape index (κ3) is 3.89. The van der Waals surface area contributed by atoms with Gasteiger partial charge in [-0.1, -0.05) is 85.0 Å². The minimum Gasteiger partial charge on any atom is -0.478 e. The lowest BCUT2D eigenvalue weighted by Crippen LogP contribution is -2.19. The highest BCUT2D eigenvalue weighted by atomic mass is 31.1. The monoisotopic (exact) mass is 349 g/mol. The second-order valence-electron chi connectivity index (χ2n) is 5.99. The Morgan fingerprint density at radius 3 is 2.12 bits per heavy atom. The first-order chi connectivity index (χ1) is 12.4. The lowest BCUT2D eigenvalue weighted by atomic mass is 10.2. The van der Waals surface area contributed by atoms with Crippen molar-refractivity contribution in [2.24, 2.45) is 10.9 Å². The van der Waals surface area contributed by atoms with Gasteiger partial charge in [-0.2, -0.15) is 0 Å². The van der Waals surface area contributed by atoms with Gasteiger partial charge in [-0.25, -0.2) is 4.99 Å². The number of nitrogens with zero attached hydrogens (tertiary/aromatic N) is 1. The van der Waals surface area contributed by atoms with E-state index >= 15 is 0 Å². The van der Waals surface area contributed by atoms with Crippen LogP contribution in [0, 0.1) is 5.92 Å². The number of hydrogen-bond acceptors (Lipinski definition) is 3. The van der Waals surface area contributed by atoms with Crippen LogP contribution in [0.2, 0.25) is 0 Å². The maximum Gasteiger partial charge on any atom is 0.194 e. The summed E-state index contributed by atoms with van der Waals surface area (Å²) in [5.41, 5.74) is 0. The molecule has 0 saturated heterocycles. The van der Waals surface area contributed by atoms with Crippen molar-refractivity contribution in [1.82, 2.24) is 0 Å². The molecule has 1 aliphatic heterocycles. The van der Waals surface area contributed by atoms with Gasteiger partial charge in [0, 0.05) is 10.6 Å². The minimum atomic E-state index is -0.844. The van der Waals surface area contributed by atoms with Crippen LogP contribution in [0.25, 0.3) is 0 Å². The normalized spacial score (nSPS) is 19.4. The Balaban J connectivity index is 1.47. The molecule has 1 atom stereocenters. The molecule has 0 unspecified atom stereocenters. The summed E-state index contributed by atoms with van der Waals surface area (Å²) in [5, 5.41) is 2.43. The van der Waals surface area contributed by atoms with Crippen molar-refractivity contribution >= 4 is 24.7 Å². The zero-order valence-corrected chi connectivity index (χ0v) is 14.8. The first kappa shape index (κ1) is 16.3. The van der Waals surface area contributed by atoms with Crippen LogP contribution in [-0.4, -0.2) is 25.2 Å². The zero-order chi connectivity index (χ0) is 16.9. The highest BCUT2D eigenvalue weighted by Gasteiger charge is 2.25. The van der Waals surface area contributed by atoms with Crippen LogP contribution in [-0.2, 0) is 9.26 Å². The summed E-state index contributed by atoms with van der Waals surface area (Å²) in [6.07, 6.45) is 8.26. The smallest absolute Gasteiger partial charge is 0.194 e.